The molecule has 8 nitrogen and oxygen atoms in total. The fraction of sp³-hybridized carbons (Fsp3) is 0.130. The molecule has 0 saturated heterocycles. The van der Waals surface area contributed by atoms with Crippen LogP contribution in [0.1, 0.15) is 21.6 Å². The van der Waals surface area contributed by atoms with E-state index < -0.39 is 0 Å². The second-order valence-electron chi connectivity index (χ2n) is 6.59. The van der Waals surface area contributed by atoms with E-state index in [4.69, 9.17) is 19.5 Å². The van der Waals surface area contributed by atoms with E-state index >= 15 is 0 Å². The minimum atomic E-state index is -0.304. The lowest BCUT2D eigenvalue weighted by molar-refractivity contribution is 0.103. The highest BCUT2D eigenvalue weighted by atomic mass is 32.1. The van der Waals surface area contributed by atoms with Crippen LogP contribution in [0.2, 0.25) is 0 Å². The number of carbonyl (C=O) groups excluding carboxylic acids is 1. The standard InChI is InChI=1S/C23H18N4O4S/c1-29-17-10-14(11-18(30-2)21(17)31-3)20(28)19-22-16(8-9-32-22)26-23(27-19)25-15-6-4-13(12-24)5-7-15/h4-11H,1-3H3,(H,25,26,27). The topological polar surface area (TPSA) is 106 Å². The van der Waals surface area contributed by atoms with Crippen molar-refractivity contribution < 1.29 is 19.0 Å². The highest BCUT2D eigenvalue weighted by molar-refractivity contribution is 7.17. The van der Waals surface area contributed by atoms with E-state index in [0.29, 0.717) is 44.3 Å². The molecular weight excluding hydrogens is 428 g/mol. The van der Waals surface area contributed by atoms with Gasteiger partial charge >= 0.3 is 0 Å². The fourth-order valence-electron chi connectivity index (χ4n) is 3.18. The molecule has 32 heavy (non-hydrogen) atoms. The van der Waals surface area contributed by atoms with Gasteiger partial charge in [-0.05, 0) is 47.8 Å². The molecular formula is C23H18N4O4S. The van der Waals surface area contributed by atoms with Gasteiger partial charge in [-0.15, -0.1) is 11.3 Å². The van der Waals surface area contributed by atoms with E-state index in [0.717, 1.165) is 0 Å². The largest absolute Gasteiger partial charge is 0.493 e. The van der Waals surface area contributed by atoms with Crippen molar-refractivity contribution >= 4 is 39.0 Å². The average molecular weight is 446 g/mol. The maximum atomic E-state index is 13.5. The van der Waals surface area contributed by atoms with E-state index in [9.17, 15) is 4.79 Å². The van der Waals surface area contributed by atoms with E-state index in [2.05, 4.69) is 21.4 Å². The van der Waals surface area contributed by atoms with Crippen molar-refractivity contribution in [2.45, 2.75) is 0 Å². The fourth-order valence-corrected chi connectivity index (χ4v) is 4.00. The molecule has 9 heteroatoms. The Morgan fingerprint density at radius 3 is 2.28 bits per heavy atom. The zero-order valence-electron chi connectivity index (χ0n) is 17.5. The summed E-state index contributed by atoms with van der Waals surface area (Å²) in [6.07, 6.45) is 0. The van der Waals surface area contributed by atoms with Gasteiger partial charge in [0.2, 0.25) is 17.5 Å². The van der Waals surface area contributed by atoms with Crippen molar-refractivity contribution in [3.8, 4) is 23.3 Å². The van der Waals surface area contributed by atoms with E-state index in [1.807, 2.05) is 11.4 Å². The molecule has 1 N–H and O–H groups in total. The van der Waals surface area contributed by atoms with Gasteiger partial charge in [0.15, 0.2) is 11.5 Å². The molecule has 160 valence electrons. The quantitative estimate of drug-likeness (QED) is 0.412. The number of nitriles is 1. The maximum absolute atomic E-state index is 13.5. The highest BCUT2D eigenvalue weighted by Gasteiger charge is 2.22. The van der Waals surface area contributed by atoms with Crippen LogP contribution in [0.3, 0.4) is 0 Å². The summed E-state index contributed by atoms with van der Waals surface area (Å²) < 4.78 is 16.8. The van der Waals surface area contributed by atoms with Crippen molar-refractivity contribution in [2.24, 2.45) is 0 Å². The average Bonchev–Trinajstić information content (AvgIpc) is 3.31. The second kappa shape index (κ2) is 8.91. The molecule has 4 rings (SSSR count). The first kappa shape index (κ1) is 21.1. The summed E-state index contributed by atoms with van der Waals surface area (Å²) in [5.41, 5.74) is 2.50. The summed E-state index contributed by atoms with van der Waals surface area (Å²) in [7, 11) is 4.49. The van der Waals surface area contributed by atoms with Gasteiger partial charge in [0, 0.05) is 11.3 Å². The highest BCUT2D eigenvalue weighted by Crippen LogP contribution is 2.39. The van der Waals surface area contributed by atoms with Crippen LogP contribution in [0.15, 0.2) is 47.8 Å². The molecule has 0 radical (unpaired) electrons. The van der Waals surface area contributed by atoms with Crippen molar-refractivity contribution in [3.63, 3.8) is 0 Å². The Hall–Kier alpha value is -4.16. The summed E-state index contributed by atoms with van der Waals surface area (Å²) in [4.78, 5) is 22.5. The lowest BCUT2D eigenvalue weighted by atomic mass is 10.1. The number of nitrogens with one attached hydrogen (secondary N) is 1. The number of nitrogens with zero attached hydrogens (tertiary/aromatic N) is 3. The minimum Gasteiger partial charge on any atom is -0.493 e. The predicted octanol–water partition coefficient (Wildman–Crippen LogP) is 4.56. The van der Waals surface area contributed by atoms with Crippen LogP contribution in [-0.2, 0) is 0 Å². The van der Waals surface area contributed by atoms with Gasteiger partial charge in [0.05, 0.1) is 43.2 Å². The van der Waals surface area contributed by atoms with Gasteiger partial charge in [-0.1, -0.05) is 0 Å². The lowest BCUT2D eigenvalue weighted by Gasteiger charge is -2.14. The normalized spacial score (nSPS) is 10.4. The molecule has 0 atom stereocenters. The van der Waals surface area contributed by atoms with E-state index in [-0.39, 0.29) is 17.4 Å². The Labute approximate surface area is 188 Å². The lowest BCUT2D eigenvalue weighted by Crippen LogP contribution is -2.09. The number of rotatable bonds is 7. The molecule has 0 aliphatic carbocycles. The number of anilines is 2. The molecule has 2 aromatic heterocycles. The molecule has 0 saturated carbocycles. The van der Waals surface area contributed by atoms with Crippen LogP contribution in [0, 0.1) is 11.3 Å². The van der Waals surface area contributed by atoms with Crippen molar-refractivity contribution in [3.05, 3.63) is 64.7 Å². The third-order valence-electron chi connectivity index (χ3n) is 4.72. The smallest absolute Gasteiger partial charge is 0.228 e. The zero-order chi connectivity index (χ0) is 22.7. The maximum Gasteiger partial charge on any atom is 0.228 e. The van der Waals surface area contributed by atoms with Crippen LogP contribution < -0.4 is 19.5 Å². The van der Waals surface area contributed by atoms with Crippen LogP contribution in [0.25, 0.3) is 10.2 Å². The van der Waals surface area contributed by atoms with Gasteiger partial charge in [-0.25, -0.2) is 9.97 Å². The Morgan fingerprint density at radius 2 is 1.69 bits per heavy atom. The minimum absolute atomic E-state index is 0.260. The SMILES string of the molecule is COc1cc(C(=O)c2nc(Nc3ccc(C#N)cc3)nc3ccsc23)cc(OC)c1OC. The summed E-state index contributed by atoms with van der Waals surface area (Å²) in [5.74, 6) is 1.13. The van der Waals surface area contributed by atoms with Crippen molar-refractivity contribution in [1.82, 2.24) is 9.97 Å². The summed E-state index contributed by atoms with van der Waals surface area (Å²) in [6, 6.07) is 14.0. The van der Waals surface area contributed by atoms with Gasteiger partial charge in [0.25, 0.3) is 0 Å². The Bertz CT molecular complexity index is 1320. The number of aromatic nitrogens is 2. The van der Waals surface area contributed by atoms with Gasteiger partial charge in [0.1, 0.15) is 5.69 Å². The van der Waals surface area contributed by atoms with E-state index in [1.165, 1.54) is 32.7 Å². The number of fused-ring (bicyclic) bond motifs is 1. The molecule has 0 spiro atoms. The number of hydrogen-bond acceptors (Lipinski definition) is 9. The summed E-state index contributed by atoms with van der Waals surface area (Å²) >= 11 is 1.39. The predicted molar refractivity (Wildman–Crippen MR) is 121 cm³/mol. The molecule has 0 aliphatic rings. The number of ketones is 1. The number of ether oxygens (including phenoxy) is 3. The van der Waals surface area contributed by atoms with Gasteiger partial charge in [-0.2, -0.15) is 5.26 Å². The number of thiophene rings is 1. The molecule has 4 aromatic rings. The molecule has 0 unspecified atom stereocenters. The molecule has 2 heterocycles. The van der Waals surface area contributed by atoms with Crippen molar-refractivity contribution in [1.29, 1.82) is 5.26 Å². The molecule has 0 amide bonds. The van der Waals surface area contributed by atoms with Gasteiger partial charge < -0.3 is 19.5 Å². The van der Waals surface area contributed by atoms with Gasteiger partial charge in [-0.3, -0.25) is 4.79 Å². The molecule has 0 fully saturated rings. The van der Waals surface area contributed by atoms with Crippen LogP contribution in [0.5, 0.6) is 17.2 Å². The number of benzene rings is 2. The third-order valence-corrected chi connectivity index (χ3v) is 5.63. The first-order valence-electron chi connectivity index (χ1n) is 9.45. The molecule has 2 aromatic carbocycles. The third kappa shape index (κ3) is 3.91. The number of methoxy groups -OCH3 is 3. The van der Waals surface area contributed by atoms with Crippen LogP contribution >= 0.6 is 11.3 Å². The number of hydrogen-bond donors (Lipinski definition) is 1. The Balaban J connectivity index is 1.77. The monoisotopic (exact) mass is 446 g/mol. The van der Waals surface area contributed by atoms with E-state index in [1.54, 1.807) is 36.4 Å². The Kier molecular flexibility index (Phi) is 5.87. The van der Waals surface area contributed by atoms with Crippen molar-refractivity contribution in [2.75, 3.05) is 26.6 Å². The van der Waals surface area contributed by atoms with Crippen LogP contribution in [-0.4, -0.2) is 37.1 Å². The zero-order valence-corrected chi connectivity index (χ0v) is 18.3. The first-order chi connectivity index (χ1) is 15.6. The van der Waals surface area contributed by atoms with Crippen LogP contribution in [0.4, 0.5) is 11.6 Å². The summed E-state index contributed by atoms with van der Waals surface area (Å²) in [5, 5.41) is 13.9. The molecule has 0 bridgehead atoms. The second-order valence-corrected chi connectivity index (χ2v) is 7.50. The first-order valence-corrected chi connectivity index (χ1v) is 10.3. The Morgan fingerprint density at radius 1 is 1.00 bits per heavy atom. The molecule has 0 aliphatic heterocycles. The number of carbonyl (C=O) groups is 1. The summed E-state index contributed by atoms with van der Waals surface area (Å²) in [6.45, 7) is 0.